The number of pyridine rings is 1. The maximum atomic E-state index is 12.5. The van der Waals surface area contributed by atoms with Gasteiger partial charge in [0.25, 0.3) is 6.43 Å². The molecule has 1 rings (SSSR count). The molecule has 7 heteroatoms. The van der Waals surface area contributed by atoms with E-state index in [0.717, 1.165) is 13.3 Å². The van der Waals surface area contributed by atoms with Crippen LogP contribution in [0.15, 0.2) is 6.20 Å². The summed E-state index contributed by atoms with van der Waals surface area (Å²) in [5.41, 5.74) is -0.600. The van der Waals surface area contributed by atoms with E-state index >= 15 is 0 Å². The van der Waals surface area contributed by atoms with Crippen molar-refractivity contribution in [3.8, 4) is 11.5 Å². The molecule has 0 aliphatic heterocycles. The van der Waals surface area contributed by atoms with E-state index in [-0.39, 0.29) is 17.9 Å². The molecule has 0 amide bonds. The fourth-order valence-electron chi connectivity index (χ4n) is 1.24. The normalized spacial score (nSPS) is 10.4. The van der Waals surface area contributed by atoms with E-state index < -0.39 is 23.7 Å². The number of halogens is 2. The number of nitrogens with zero attached hydrogens (tertiary/aromatic N) is 1. The fraction of sp³-hybridized carbons (Fsp3) is 0.400. The highest BCUT2D eigenvalue weighted by molar-refractivity contribution is 5.73. The Balaban J connectivity index is 3.15. The molecule has 1 heterocycles. The van der Waals surface area contributed by atoms with Gasteiger partial charge in [0, 0.05) is 6.20 Å². The second-order valence-corrected chi connectivity index (χ2v) is 3.10. The van der Waals surface area contributed by atoms with E-state index in [2.05, 4.69) is 14.5 Å². The first kappa shape index (κ1) is 13.1. The average Bonchev–Trinajstić information content (AvgIpc) is 2.30. The summed E-state index contributed by atoms with van der Waals surface area (Å²) >= 11 is 0. The summed E-state index contributed by atoms with van der Waals surface area (Å²) in [4.78, 5) is 14.6. The standard InChI is InChI=1S/C10H11F2NO4/c1-16-7(14)3-6-8(15)9(17-2)5(4-13-6)10(11)12/h4,10,15H,3H2,1-2H3. The van der Waals surface area contributed by atoms with Crippen molar-refractivity contribution in [2.45, 2.75) is 12.8 Å². The van der Waals surface area contributed by atoms with Crippen LogP contribution in [-0.2, 0) is 16.0 Å². The molecule has 0 aliphatic carbocycles. The molecule has 0 aromatic carbocycles. The van der Waals surface area contributed by atoms with Gasteiger partial charge >= 0.3 is 5.97 Å². The quantitative estimate of drug-likeness (QED) is 0.815. The van der Waals surface area contributed by atoms with Crippen LogP contribution in [0.3, 0.4) is 0 Å². The third-order valence-corrected chi connectivity index (χ3v) is 2.09. The zero-order valence-corrected chi connectivity index (χ0v) is 9.24. The Hall–Kier alpha value is -1.92. The molecule has 0 spiro atoms. The Morgan fingerprint density at radius 3 is 2.65 bits per heavy atom. The van der Waals surface area contributed by atoms with E-state index in [1.165, 1.54) is 7.11 Å². The Bertz CT molecular complexity index is 423. The SMILES string of the molecule is COC(=O)Cc1ncc(C(F)F)c(OC)c1O. The summed E-state index contributed by atoms with van der Waals surface area (Å²) in [6.07, 6.45) is -2.28. The lowest BCUT2D eigenvalue weighted by molar-refractivity contribution is -0.139. The number of carbonyl (C=O) groups is 1. The molecule has 0 aliphatic rings. The molecule has 1 N–H and O–H groups in total. The van der Waals surface area contributed by atoms with Crippen LogP contribution in [0.4, 0.5) is 8.78 Å². The van der Waals surface area contributed by atoms with Gasteiger partial charge in [-0.05, 0) is 0 Å². The van der Waals surface area contributed by atoms with Crippen LogP contribution in [-0.4, -0.2) is 30.3 Å². The van der Waals surface area contributed by atoms with E-state index in [0.29, 0.717) is 0 Å². The largest absolute Gasteiger partial charge is 0.503 e. The monoisotopic (exact) mass is 247 g/mol. The average molecular weight is 247 g/mol. The first-order valence-electron chi connectivity index (χ1n) is 4.61. The summed E-state index contributed by atoms with van der Waals surface area (Å²) in [6.45, 7) is 0. The number of hydrogen-bond donors (Lipinski definition) is 1. The maximum Gasteiger partial charge on any atom is 0.311 e. The number of hydrogen-bond acceptors (Lipinski definition) is 5. The number of ether oxygens (including phenoxy) is 2. The number of rotatable bonds is 4. The Kier molecular flexibility index (Phi) is 4.19. The van der Waals surface area contributed by atoms with Gasteiger partial charge in [0.15, 0.2) is 11.5 Å². The van der Waals surface area contributed by atoms with Crippen LogP contribution in [0, 0.1) is 0 Å². The molecule has 5 nitrogen and oxygen atoms in total. The number of aromatic hydroxyl groups is 1. The minimum atomic E-state index is -2.82. The van der Waals surface area contributed by atoms with Crippen LogP contribution in [0.1, 0.15) is 17.7 Å². The fourth-order valence-corrected chi connectivity index (χ4v) is 1.24. The van der Waals surface area contributed by atoms with Crippen molar-refractivity contribution in [3.05, 3.63) is 17.5 Å². The first-order valence-corrected chi connectivity index (χ1v) is 4.61. The summed E-state index contributed by atoms with van der Waals surface area (Å²) < 4.78 is 34.1. The molecular formula is C10H11F2NO4. The van der Waals surface area contributed by atoms with Gasteiger partial charge in [0.1, 0.15) is 0 Å². The van der Waals surface area contributed by atoms with E-state index in [4.69, 9.17) is 0 Å². The third-order valence-electron chi connectivity index (χ3n) is 2.09. The predicted molar refractivity (Wildman–Crippen MR) is 53.1 cm³/mol. The first-order chi connectivity index (χ1) is 8.01. The summed E-state index contributed by atoms with van der Waals surface area (Å²) in [7, 11) is 2.31. The van der Waals surface area contributed by atoms with Crippen molar-refractivity contribution in [1.82, 2.24) is 4.98 Å². The molecule has 17 heavy (non-hydrogen) atoms. The molecule has 94 valence electrons. The van der Waals surface area contributed by atoms with Crippen LogP contribution < -0.4 is 4.74 Å². The Morgan fingerprint density at radius 2 is 2.18 bits per heavy atom. The topological polar surface area (TPSA) is 68.7 Å². The van der Waals surface area contributed by atoms with Gasteiger partial charge in [-0.1, -0.05) is 0 Å². The zero-order valence-electron chi connectivity index (χ0n) is 9.24. The lowest BCUT2D eigenvalue weighted by atomic mass is 10.2. The molecule has 0 saturated carbocycles. The number of methoxy groups -OCH3 is 2. The molecule has 0 saturated heterocycles. The lowest BCUT2D eigenvalue weighted by Crippen LogP contribution is -2.07. The number of esters is 1. The molecule has 1 aromatic rings. The van der Waals surface area contributed by atoms with Crippen molar-refractivity contribution in [2.24, 2.45) is 0 Å². The minimum Gasteiger partial charge on any atom is -0.503 e. The molecule has 0 fully saturated rings. The third kappa shape index (κ3) is 2.80. The summed E-state index contributed by atoms with van der Waals surface area (Å²) in [6, 6.07) is 0. The molecular weight excluding hydrogens is 236 g/mol. The van der Waals surface area contributed by atoms with Crippen molar-refractivity contribution >= 4 is 5.97 Å². The molecule has 1 aromatic heterocycles. The maximum absolute atomic E-state index is 12.5. The Morgan fingerprint density at radius 1 is 1.53 bits per heavy atom. The van der Waals surface area contributed by atoms with Crippen LogP contribution in [0.25, 0.3) is 0 Å². The van der Waals surface area contributed by atoms with Crippen LogP contribution in [0.5, 0.6) is 11.5 Å². The van der Waals surface area contributed by atoms with Gasteiger partial charge in [-0.3, -0.25) is 9.78 Å². The molecule has 0 unspecified atom stereocenters. The smallest absolute Gasteiger partial charge is 0.311 e. The van der Waals surface area contributed by atoms with Gasteiger partial charge < -0.3 is 14.6 Å². The van der Waals surface area contributed by atoms with Crippen LogP contribution >= 0.6 is 0 Å². The van der Waals surface area contributed by atoms with Gasteiger partial charge in [0.2, 0.25) is 0 Å². The highest BCUT2D eigenvalue weighted by Gasteiger charge is 2.22. The second kappa shape index (κ2) is 5.42. The molecule has 0 bridgehead atoms. The molecule has 0 radical (unpaired) electrons. The highest BCUT2D eigenvalue weighted by Crippen LogP contribution is 2.37. The van der Waals surface area contributed by atoms with Gasteiger partial charge in [-0.2, -0.15) is 0 Å². The van der Waals surface area contributed by atoms with Gasteiger partial charge in [0.05, 0.1) is 31.9 Å². The summed E-state index contributed by atoms with van der Waals surface area (Å²) in [5, 5.41) is 9.63. The van der Waals surface area contributed by atoms with Crippen molar-refractivity contribution < 1.29 is 28.2 Å². The van der Waals surface area contributed by atoms with E-state index in [9.17, 15) is 18.7 Å². The van der Waals surface area contributed by atoms with E-state index in [1.54, 1.807) is 0 Å². The number of alkyl halides is 2. The minimum absolute atomic E-state index is 0.0712. The number of carbonyl (C=O) groups excluding carboxylic acids is 1. The lowest BCUT2D eigenvalue weighted by Gasteiger charge is -2.11. The van der Waals surface area contributed by atoms with Crippen molar-refractivity contribution in [2.75, 3.05) is 14.2 Å². The predicted octanol–water partition coefficient (Wildman–Crippen LogP) is 1.45. The summed E-state index contributed by atoms with van der Waals surface area (Å²) in [5.74, 6) is -1.59. The van der Waals surface area contributed by atoms with Crippen molar-refractivity contribution in [1.29, 1.82) is 0 Å². The van der Waals surface area contributed by atoms with Gasteiger partial charge in [-0.25, -0.2) is 8.78 Å². The van der Waals surface area contributed by atoms with Gasteiger partial charge in [-0.15, -0.1) is 0 Å². The Labute approximate surface area is 96.0 Å². The number of aromatic nitrogens is 1. The van der Waals surface area contributed by atoms with E-state index in [1.807, 2.05) is 0 Å². The van der Waals surface area contributed by atoms with Crippen molar-refractivity contribution in [3.63, 3.8) is 0 Å². The highest BCUT2D eigenvalue weighted by atomic mass is 19.3. The second-order valence-electron chi connectivity index (χ2n) is 3.10. The molecule has 0 atom stereocenters. The van der Waals surface area contributed by atoms with Crippen LogP contribution in [0.2, 0.25) is 0 Å². The zero-order chi connectivity index (χ0) is 13.0.